The van der Waals surface area contributed by atoms with E-state index in [0.29, 0.717) is 6.04 Å². The number of aromatic nitrogens is 3. The van der Waals surface area contributed by atoms with E-state index < -0.39 is 0 Å². The summed E-state index contributed by atoms with van der Waals surface area (Å²) in [7, 11) is 0. The molecule has 0 aromatic carbocycles. The number of unbranched alkanes of at least 4 members (excludes halogenated alkanes) is 1. The second-order valence-electron chi connectivity index (χ2n) is 7.23. The molecule has 2 fully saturated rings. The van der Waals surface area contributed by atoms with Gasteiger partial charge in [0.15, 0.2) is 0 Å². The Morgan fingerprint density at radius 1 is 1.00 bits per heavy atom. The lowest BCUT2D eigenvalue weighted by Crippen LogP contribution is -2.47. The molecule has 2 aliphatic heterocycles. The topological polar surface area (TPSA) is 37.2 Å². The molecule has 0 amide bonds. The molecule has 5 nitrogen and oxygen atoms in total. The van der Waals surface area contributed by atoms with Gasteiger partial charge in [-0.05, 0) is 58.2 Å². The smallest absolute Gasteiger partial charge is 0.0827 e. The molecule has 1 aromatic rings. The summed E-state index contributed by atoms with van der Waals surface area (Å²) in [5.41, 5.74) is 1.17. The molecule has 0 N–H and O–H groups in total. The minimum Gasteiger partial charge on any atom is -0.303 e. The lowest BCUT2D eigenvalue weighted by molar-refractivity contribution is 0.0788. The number of hydrogen-bond acceptors (Lipinski definition) is 4. The molecule has 0 aliphatic carbocycles. The van der Waals surface area contributed by atoms with E-state index in [0.717, 1.165) is 12.5 Å². The fourth-order valence-electron chi connectivity index (χ4n) is 4.08. The molecular weight excluding hydrogens is 286 g/mol. The van der Waals surface area contributed by atoms with Crippen LogP contribution in [-0.2, 0) is 6.42 Å². The average molecular weight is 319 g/mol. The van der Waals surface area contributed by atoms with E-state index in [1.54, 1.807) is 0 Å². The minimum absolute atomic E-state index is 0.560. The minimum atomic E-state index is 0.560. The summed E-state index contributed by atoms with van der Waals surface area (Å²) >= 11 is 0. The molecule has 2 saturated heterocycles. The highest BCUT2D eigenvalue weighted by atomic mass is 15.4. The lowest BCUT2D eigenvalue weighted by atomic mass is 9.98. The molecule has 0 spiro atoms. The Morgan fingerprint density at radius 3 is 2.35 bits per heavy atom. The van der Waals surface area contributed by atoms with Crippen LogP contribution in [0.1, 0.15) is 64.1 Å². The highest BCUT2D eigenvalue weighted by molar-refractivity contribution is 4.94. The number of piperidine rings is 2. The van der Waals surface area contributed by atoms with E-state index in [1.165, 1.54) is 76.9 Å². The third-order valence-corrected chi connectivity index (χ3v) is 5.74. The van der Waals surface area contributed by atoms with Gasteiger partial charge in [-0.25, -0.2) is 4.68 Å². The van der Waals surface area contributed by atoms with Gasteiger partial charge >= 0.3 is 0 Å². The predicted molar refractivity (Wildman–Crippen MR) is 93.6 cm³/mol. The van der Waals surface area contributed by atoms with Gasteiger partial charge in [0.05, 0.1) is 11.7 Å². The quantitative estimate of drug-likeness (QED) is 0.808. The fourth-order valence-corrected chi connectivity index (χ4v) is 4.08. The molecule has 2 aliphatic rings. The van der Waals surface area contributed by atoms with Crippen molar-refractivity contribution in [2.24, 2.45) is 0 Å². The van der Waals surface area contributed by atoms with Crippen LogP contribution in [0.15, 0.2) is 6.20 Å². The molecule has 3 heterocycles. The van der Waals surface area contributed by atoms with Crippen LogP contribution in [0.25, 0.3) is 0 Å². The summed E-state index contributed by atoms with van der Waals surface area (Å²) in [6, 6.07) is 1.37. The molecule has 0 atom stereocenters. The fraction of sp³-hybridized carbons (Fsp3) is 0.889. The molecule has 130 valence electrons. The van der Waals surface area contributed by atoms with Gasteiger partial charge in [0, 0.05) is 25.3 Å². The Morgan fingerprint density at radius 2 is 1.70 bits per heavy atom. The maximum absolute atomic E-state index is 4.39. The van der Waals surface area contributed by atoms with Crippen LogP contribution in [0.3, 0.4) is 0 Å². The van der Waals surface area contributed by atoms with Crippen molar-refractivity contribution in [3.05, 3.63) is 11.9 Å². The van der Waals surface area contributed by atoms with Gasteiger partial charge in [-0.1, -0.05) is 25.5 Å². The predicted octanol–water partition coefficient (Wildman–Crippen LogP) is 2.74. The molecule has 1 aromatic heterocycles. The average Bonchev–Trinajstić information content (AvgIpc) is 3.09. The Balaban J connectivity index is 1.46. The standard InChI is InChI=1S/C18H33N5/c1-3-5-6-16-15-23(20-19-16)18-9-13-22(14-10-18)17-7-11-21(4-2)12-8-17/h15,17-18H,3-14H2,1-2H3. The van der Waals surface area contributed by atoms with Crippen molar-refractivity contribution in [3.8, 4) is 0 Å². The monoisotopic (exact) mass is 319 g/mol. The van der Waals surface area contributed by atoms with Crippen LogP contribution < -0.4 is 0 Å². The number of rotatable bonds is 6. The summed E-state index contributed by atoms with van der Waals surface area (Å²) in [5.74, 6) is 0. The largest absolute Gasteiger partial charge is 0.303 e. The first-order valence-corrected chi connectivity index (χ1v) is 9.67. The summed E-state index contributed by atoms with van der Waals surface area (Å²) in [4.78, 5) is 5.31. The summed E-state index contributed by atoms with van der Waals surface area (Å²) in [6.45, 7) is 10.7. The third-order valence-electron chi connectivity index (χ3n) is 5.74. The van der Waals surface area contributed by atoms with Crippen LogP contribution >= 0.6 is 0 Å². The SMILES string of the molecule is CCCCc1cn(C2CCN(C3CCN(CC)CC3)CC2)nn1. The van der Waals surface area contributed by atoms with Crippen LogP contribution in [0, 0.1) is 0 Å². The first kappa shape index (κ1) is 16.9. The Bertz CT molecular complexity index is 456. The van der Waals surface area contributed by atoms with Gasteiger partial charge in [-0.15, -0.1) is 5.10 Å². The van der Waals surface area contributed by atoms with E-state index in [4.69, 9.17) is 0 Å². The van der Waals surface area contributed by atoms with Crippen molar-refractivity contribution in [3.63, 3.8) is 0 Å². The van der Waals surface area contributed by atoms with Crippen molar-refractivity contribution in [1.29, 1.82) is 0 Å². The normalized spacial score (nSPS) is 22.7. The lowest BCUT2D eigenvalue weighted by Gasteiger charge is -2.41. The van der Waals surface area contributed by atoms with Crippen molar-refractivity contribution < 1.29 is 0 Å². The number of likely N-dealkylation sites (tertiary alicyclic amines) is 2. The first-order chi connectivity index (χ1) is 11.3. The molecule has 3 rings (SSSR count). The number of nitrogens with zero attached hydrogens (tertiary/aromatic N) is 5. The highest BCUT2D eigenvalue weighted by Crippen LogP contribution is 2.26. The van der Waals surface area contributed by atoms with Crippen LogP contribution in [0.5, 0.6) is 0 Å². The molecule has 23 heavy (non-hydrogen) atoms. The van der Waals surface area contributed by atoms with Crippen molar-refractivity contribution >= 4 is 0 Å². The van der Waals surface area contributed by atoms with E-state index in [1.807, 2.05) is 0 Å². The van der Waals surface area contributed by atoms with Gasteiger partial charge < -0.3 is 9.80 Å². The molecular formula is C18H33N5. The van der Waals surface area contributed by atoms with E-state index in [2.05, 4.69) is 44.8 Å². The maximum atomic E-state index is 4.39. The molecule has 0 bridgehead atoms. The molecule has 0 unspecified atom stereocenters. The molecule has 0 saturated carbocycles. The summed E-state index contributed by atoms with van der Waals surface area (Å²) in [6.07, 6.45) is 10.9. The second-order valence-corrected chi connectivity index (χ2v) is 7.23. The zero-order valence-corrected chi connectivity index (χ0v) is 15.0. The maximum Gasteiger partial charge on any atom is 0.0827 e. The zero-order chi connectivity index (χ0) is 16.1. The van der Waals surface area contributed by atoms with Crippen molar-refractivity contribution in [2.45, 2.75) is 70.9 Å². The van der Waals surface area contributed by atoms with Crippen LogP contribution in [0.2, 0.25) is 0 Å². The second kappa shape index (κ2) is 8.25. The van der Waals surface area contributed by atoms with Gasteiger partial charge in [0.1, 0.15) is 0 Å². The number of aryl methyl sites for hydroxylation is 1. The van der Waals surface area contributed by atoms with Crippen molar-refractivity contribution in [1.82, 2.24) is 24.8 Å². The van der Waals surface area contributed by atoms with Gasteiger partial charge in [-0.3, -0.25) is 0 Å². The third kappa shape index (κ3) is 4.32. The Labute approximate surface area is 141 Å². The summed E-state index contributed by atoms with van der Waals surface area (Å²) in [5, 5.41) is 8.74. The van der Waals surface area contributed by atoms with E-state index in [9.17, 15) is 0 Å². The molecule has 0 radical (unpaired) electrons. The Hall–Kier alpha value is -0.940. The number of hydrogen-bond donors (Lipinski definition) is 0. The van der Waals surface area contributed by atoms with E-state index >= 15 is 0 Å². The van der Waals surface area contributed by atoms with Crippen LogP contribution in [0.4, 0.5) is 0 Å². The molecule has 5 heteroatoms. The van der Waals surface area contributed by atoms with Gasteiger partial charge in [0.25, 0.3) is 0 Å². The van der Waals surface area contributed by atoms with Gasteiger partial charge in [-0.2, -0.15) is 0 Å². The van der Waals surface area contributed by atoms with Crippen LogP contribution in [-0.4, -0.2) is 63.6 Å². The summed E-state index contributed by atoms with van der Waals surface area (Å²) < 4.78 is 2.14. The first-order valence-electron chi connectivity index (χ1n) is 9.67. The van der Waals surface area contributed by atoms with Gasteiger partial charge in [0.2, 0.25) is 0 Å². The van der Waals surface area contributed by atoms with Crippen molar-refractivity contribution in [2.75, 3.05) is 32.7 Å². The highest BCUT2D eigenvalue weighted by Gasteiger charge is 2.28. The zero-order valence-electron chi connectivity index (χ0n) is 15.0. The van der Waals surface area contributed by atoms with E-state index in [-0.39, 0.29) is 0 Å². The Kier molecular flexibility index (Phi) is 6.06.